The SMILES string of the molecule is [O]=[Ge]([O-])[F]. The van der Waals surface area contributed by atoms with Gasteiger partial charge in [0.15, 0.2) is 0 Å². The van der Waals surface area contributed by atoms with Crippen molar-refractivity contribution in [3.05, 3.63) is 0 Å². The molecule has 0 aromatic carbocycles. The van der Waals surface area contributed by atoms with Crippen molar-refractivity contribution in [2.24, 2.45) is 0 Å². The van der Waals surface area contributed by atoms with Crippen LogP contribution in [0.15, 0.2) is 0 Å². The van der Waals surface area contributed by atoms with E-state index in [2.05, 4.69) is 0 Å². The van der Waals surface area contributed by atoms with E-state index in [1.54, 1.807) is 0 Å². The van der Waals surface area contributed by atoms with Crippen molar-refractivity contribution in [1.82, 2.24) is 0 Å². The van der Waals surface area contributed by atoms with E-state index in [-0.39, 0.29) is 0 Å². The van der Waals surface area contributed by atoms with Gasteiger partial charge in [-0.15, -0.1) is 0 Å². The number of rotatable bonds is 0. The molecule has 0 aromatic rings. The molecule has 24 valence electrons. The summed E-state index contributed by atoms with van der Waals surface area (Å²) in [5, 5.41) is 0. The molecule has 0 aliphatic heterocycles. The fourth-order valence-electron chi connectivity index (χ4n) is 0. The molecular formula is FGeO2-. The van der Waals surface area contributed by atoms with Crippen LogP contribution in [-0.2, 0) is 3.78 Å². The Morgan fingerprint density at radius 1 is 2.00 bits per heavy atom. The Morgan fingerprint density at radius 2 is 2.00 bits per heavy atom. The van der Waals surface area contributed by atoms with E-state index in [0.29, 0.717) is 0 Å². The van der Waals surface area contributed by atoms with Gasteiger partial charge < -0.3 is 0 Å². The van der Waals surface area contributed by atoms with Crippen LogP contribution in [0, 0.1) is 0 Å². The minimum atomic E-state index is -4.33. The second-order valence-corrected chi connectivity index (χ2v) is 1.23. The number of hydrogen-bond donors (Lipinski definition) is 0. The van der Waals surface area contributed by atoms with Gasteiger partial charge in [0.25, 0.3) is 0 Å². The Bertz CT molecular complexity index is 29.0. The molecule has 0 unspecified atom stereocenters. The molecule has 0 rings (SSSR count). The molecule has 0 fully saturated rings. The van der Waals surface area contributed by atoms with Gasteiger partial charge in [-0.05, 0) is 0 Å². The first kappa shape index (κ1) is 4.07. The van der Waals surface area contributed by atoms with Gasteiger partial charge in [-0.2, -0.15) is 0 Å². The first-order valence-corrected chi connectivity index (χ1v) is 3.10. The average Bonchev–Trinajstić information content (AvgIpc) is 0.811. The van der Waals surface area contributed by atoms with Crippen LogP contribution in [0.2, 0.25) is 0 Å². The van der Waals surface area contributed by atoms with Gasteiger partial charge in [0.1, 0.15) is 0 Å². The van der Waals surface area contributed by atoms with Gasteiger partial charge in [-0.3, -0.25) is 0 Å². The Labute approximate surface area is 27.4 Å². The third kappa shape index (κ3) is 449. The molecule has 4 heavy (non-hydrogen) atoms. The molecule has 0 heterocycles. The molecule has 4 heteroatoms. The van der Waals surface area contributed by atoms with Crippen LogP contribution in [0.25, 0.3) is 0 Å². The Hall–Kier alpha value is 0.0729. The van der Waals surface area contributed by atoms with E-state index in [9.17, 15) is 3.50 Å². The summed E-state index contributed by atoms with van der Waals surface area (Å²) in [5.74, 6) is 0. The molecular weight excluding hydrogens is 124 g/mol. The van der Waals surface area contributed by atoms with E-state index < -0.39 is 15.1 Å². The van der Waals surface area contributed by atoms with Crippen LogP contribution in [0.4, 0.5) is 3.50 Å². The van der Waals surface area contributed by atoms with Crippen molar-refractivity contribution >= 4 is 15.1 Å². The number of halogens is 1. The normalized spacial score (nSPS) is 6.25. The van der Waals surface area contributed by atoms with E-state index in [0.717, 1.165) is 0 Å². The molecule has 0 bridgehead atoms. The molecule has 0 radical (unpaired) electrons. The molecule has 0 spiro atoms. The second-order valence-electron chi connectivity index (χ2n) is 0.238. The van der Waals surface area contributed by atoms with Gasteiger partial charge in [-0.25, -0.2) is 0 Å². The summed E-state index contributed by atoms with van der Waals surface area (Å²) in [4.78, 5) is 0. The van der Waals surface area contributed by atoms with Gasteiger partial charge >= 0.3 is 26.5 Å². The topological polar surface area (TPSA) is 40.1 Å². The maximum atomic E-state index is 10.1. The summed E-state index contributed by atoms with van der Waals surface area (Å²) in [5.41, 5.74) is 0. The molecule has 0 saturated carbocycles. The summed E-state index contributed by atoms with van der Waals surface area (Å²) in [6.45, 7) is 0. The second kappa shape index (κ2) is 1.40. The third-order valence-electron chi connectivity index (χ3n) is 0. The molecule has 0 atom stereocenters. The van der Waals surface area contributed by atoms with Crippen molar-refractivity contribution in [3.63, 3.8) is 0 Å². The summed E-state index contributed by atoms with van der Waals surface area (Å²) in [7, 11) is 0. The van der Waals surface area contributed by atoms with Crippen LogP contribution in [-0.4, -0.2) is 15.1 Å². The predicted molar refractivity (Wildman–Crippen MR) is 7.55 cm³/mol. The minimum absolute atomic E-state index is 4.33. The summed E-state index contributed by atoms with van der Waals surface area (Å²) >= 11 is -4.33. The molecule has 0 amide bonds. The third-order valence-corrected chi connectivity index (χ3v) is 0. The van der Waals surface area contributed by atoms with Crippen LogP contribution in [0.3, 0.4) is 0 Å². The van der Waals surface area contributed by atoms with Gasteiger partial charge in [0.2, 0.25) is 0 Å². The zero-order valence-electron chi connectivity index (χ0n) is 1.69. The first-order valence-electron chi connectivity index (χ1n) is 0.597. The molecule has 0 N–H and O–H groups in total. The zero-order chi connectivity index (χ0) is 3.58. The van der Waals surface area contributed by atoms with Crippen molar-refractivity contribution in [1.29, 1.82) is 0 Å². The van der Waals surface area contributed by atoms with Gasteiger partial charge in [0, 0.05) is 0 Å². The molecule has 0 aliphatic rings. The fraction of sp³-hybridized carbons (Fsp3) is 0. The van der Waals surface area contributed by atoms with Crippen LogP contribution >= 0.6 is 0 Å². The Kier molecular flexibility index (Phi) is 1.42. The monoisotopic (exact) mass is 125 g/mol. The first-order chi connectivity index (χ1) is 1.73. The Morgan fingerprint density at radius 3 is 2.00 bits per heavy atom. The van der Waals surface area contributed by atoms with E-state index in [4.69, 9.17) is 7.91 Å². The standard InChI is InChI=1S/FGeO2/c1-2(3)4/q-1. The van der Waals surface area contributed by atoms with Crippen molar-refractivity contribution in [3.8, 4) is 0 Å². The fourth-order valence-corrected chi connectivity index (χ4v) is 0. The summed E-state index contributed by atoms with van der Waals surface area (Å²) in [6.07, 6.45) is 0. The van der Waals surface area contributed by atoms with E-state index >= 15 is 0 Å². The van der Waals surface area contributed by atoms with Crippen LogP contribution in [0.1, 0.15) is 0 Å². The summed E-state index contributed by atoms with van der Waals surface area (Å²) in [6, 6.07) is 0. The maximum absolute atomic E-state index is 10.1. The average molecular weight is 124 g/mol. The molecule has 0 aliphatic carbocycles. The van der Waals surface area contributed by atoms with Crippen LogP contribution < -0.4 is 4.13 Å². The molecule has 0 saturated heterocycles. The number of hydrogen-bond acceptors (Lipinski definition) is 2. The predicted octanol–water partition coefficient (Wildman–Crippen LogP) is -1.27. The molecule has 0 aromatic heterocycles. The van der Waals surface area contributed by atoms with Crippen molar-refractivity contribution in [2.75, 3.05) is 0 Å². The quantitative estimate of drug-likeness (QED) is 0.377. The summed E-state index contributed by atoms with van der Waals surface area (Å²) < 4.78 is 27.0. The zero-order valence-corrected chi connectivity index (χ0v) is 3.79. The van der Waals surface area contributed by atoms with E-state index in [1.165, 1.54) is 0 Å². The van der Waals surface area contributed by atoms with Crippen LogP contribution in [0.5, 0.6) is 0 Å². The van der Waals surface area contributed by atoms with Gasteiger partial charge in [-0.1, -0.05) is 0 Å². The van der Waals surface area contributed by atoms with Crippen molar-refractivity contribution in [2.45, 2.75) is 0 Å². The van der Waals surface area contributed by atoms with E-state index in [1.807, 2.05) is 0 Å². The van der Waals surface area contributed by atoms with Gasteiger partial charge in [0.05, 0.1) is 0 Å². The Balaban J connectivity index is 2.80. The molecule has 2 nitrogen and oxygen atoms in total. The van der Waals surface area contributed by atoms with Crippen molar-refractivity contribution < 1.29 is 11.4 Å².